The summed E-state index contributed by atoms with van der Waals surface area (Å²) in [6.07, 6.45) is 4.84. The minimum Gasteiger partial charge on any atom is -0.380 e. The van der Waals surface area contributed by atoms with Crippen molar-refractivity contribution in [2.45, 2.75) is 25.3 Å². The summed E-state index contributed by atoms with van der Waals surface area (Å²) < 4.78 is 32.4. The van der Waals surface area contributed by atoms with Crippen molar-refractivity contribution in [3.63, 3.8) is 0 Å². The van der Waals surface area contributed by atoms with Gasteiger partial charge in [0, 0.05) is 24.6 Å². The summed E-state index contributed by atoms with van der Waals surface area (Å²) in [5.74, 6) is 0.420. The number of nitrogens with one attached hydrogen (secondary N) is 1. The van der Waals surface area contributed by atoms with Crippen molar-refractivity contribution in [2.75, 3.05) is 32.8 Å². The normalized spacial score (nSPS) is 23.9. The van der Waals surface area contributed by atoms with Crippen LogP contribution in [0.2, 0.25) is 0 Å². The first kappa shape index (κ1) is 17.6. The molecule has 24 heavy (non-hydrogen) atoms. The zero-order valence-corrected chi connectivity index (χ0v) is 14.7. The Hall–Kier alpha value is -1.21. The van der Waals surface area contributed by atoms with E-state index in [2.05, 4.69) is 9.62 Å². The number of rotatable bonds is 6. The maximum absolute atomic E-state index is 12.1. The average molecular weight is 350 g/mol. The first-order valence-electron chi connectivity index (χ1n) is 8.67. The van der Waals surface area contributed by atoms with Gasteiger partial charge in [0.15, 0.2) is 0 Å². The van der Waals surface area contributed by atoms with Crippen molar-refractivity contribution < 1.29 is 13.2 Å². The first-order valence-corrected chi connectivity index (χ1v) is 10.2. The van der Waals surface area contributed by atoms with Crippen LogP contribution in [-0.4, -0.2) is 52.2 Å². The number of likely N-dealkylation sites (tertiary alicyclic amines) is 1. The van der Waals surface area contributed by atoms with Crippen LogP contribution >= 0.6 is 0 Å². The van der Waals surface area contributed by atoms with Gasteiger partial charge in [-0.25, -0.2) is 13.1 Å². The number of nitrogens with zero attached hydrogens (tertiary/aromatic N) is 1. The van der Waals surface area contributed by atoms with E-state index in [1.807, 2.05) is 30.3 Å². The number of sulfonamides is 1. The van der Waals surface area contributed by atoms with Crippen LogP contribution in [0.3, 0.4) is 0 Å². The molecule has 0 aromatic heterocycles. The van der Waals surface area contributed by atoms with Gasteiger partial charge in [-0.15, -0.1) is 0 Å². The Labute approximate surface area is 144 Å². The van der Waals surface area contributed by atoms with Crippen LogP contribution in [0.15, 0.2) is 35.7 Å². The maximum Gasteiger partial charge on any atom is 0.233 e. The summed E-state index contributed by atoms with van der Waals surface area (Å²) in [5, 5.41) is 1.26. The molecule has 5 nitrogen and oxygen atoms in total. The lowest BCUT2D eigenvalue weighted by Crippen LogP contribution is -2.43. The number of benzene rings is 1. The lowest BCUT2D eigenvalue weighted by molar-refractivity contribution is 0.111. The summed E-state index contributed by atoms with van der Waals surface area (Å²) in [5.41, 5.74) is 0.884. The molecule has 1 aromatic rings. The summed E-state index contributed by atoms with van der Waals surface area (Å²) in [4.78, 5) is 2.49. The zero-order chi connectivity index (χ0) is 16.8. The van der Waals surface area contributed by atoms with Gasteiger partial charge in [-0.05, 0) is 49.9 Å². The molecule has 2 aliphatic heterocycles. The standard InChI is InChI=1S/C18H26N2O3S/c21-24(22,13-9-16-4-2-1-3-5-16)19-14-17-6-10-20(11-7-17)18-8-12-23-15-18/h1-5,9,13,17-19H,6-8,10-12,14-15H2/b13-9+/t18-/m0/s1. The maximum atomic E-state index is 12.1. The smallest absolute Gasteiger partial charge is 0.233 e. The number of ether oxygens (including phenoxy) is 1. The highest BCUT2D eigenvalue weighted by molar-refractivity contribution is 7.92. The molecule has 2 fully saturated rings. The van der Waals surface area contributed by atoms with Gasteiger partial charge in [-0.2, -0.15) is 0 Å². The SMILES string of the molecule is O=S(=O)(/C=C/c1ccccc1)NCC1CCN([C@H]2CCOC2)CC1. The molecule has 1 atom stereocenters. The number of hydrogen-bond donors (Lipinski definition) is 1. The van der Waals surface area contributed by atoms with Crippen LogP contribution in [0.5, 0.6) is 0 Å². The van der Waals surface area contributed by atoms with Crippen LogP contribution < -0.4 is 4.72 Å². The van der Waals surface area contributed by atoms with Gasteiger partial charge in [0.25, 0.3) is 0 Å². The minimum atomic E-state index is -3.37. The Morgan fingerprint density at radius 3 is 2.58 bits per heavy atom. The van der Waals surface area contributed by atoms with Gasteiger partial charge >= 0.3 is 0 Å². The lowest BCUT2D eigenvalue weighted by atomic mass is 9.96. The second-order valence-corrected chi connectivity index (χ2v) is 8.25. The molecule has 0 bridgehead atoms. The summed E-state index contributed by atoms with van der Waals surface area (Å²) in [6, 6.07) is 10.0. The highest BCUT2D eigenvalue weighted by Crippen LogP contribution is 2.22. The fourth-order valence-electron chi connectivity index (χ4n) is 3.35. The molecule has 1 N–H and O–H groups in total. The molecule has 3 rings (SSSR count). The molecule has 0 unspecified atom stereocenters. The molecule has 132 valence electrons. The van der Waals surface area contributed by atoms with Crippen molar-refractivity contribution in [3.05, 3.63) is 41.3 Å². The highest BCUT2D eigenvalue weighted by Gasteiger charge is 2.27. The van der Waals surface area contributed by atoms with E-state index in [4.69, 9.17) is 4.74 Å². The molecular formula is C18H26N2O3S. The fraction of sp³-hybridized carbons (Fsp3) is 0.556. The third-order valence-corrected chi connectivity index (χ3v) is 5.95. The van der Waals surface area contributed by atoms with E-state index in [-0.39, 0.29) is 0 Å². The molecule has 2 saturated heterocycles. The Morgan fingerprint density at radius 1 is 1.17 bits per heavy atom. The predicted molar refractivity (Wildman–Crippen MR) is 95.9 cm³/mol. The van der Waals surface area contributed by atoms with Crippen molar-refractivity contribution in [3.8, 4) is 0 Å². The molecule has 2 heterocycles. The van der Waals surface area contributed by atoms with E-state index in [1.165, 1.54) is 5.41 Å². The van der Waals surface area contributed by atoms with Crippen LogP contribution in [0.1, 0.15) is 24.8 Å². The molecular weight excluding hydrogens is 324 g/mol. The Balaban J connectivity index is 1.43. The predicted octanol–water partition coefficient (Wildman–Crippen LogP) is 2.08. The topological polar surface area (TPSA) is 58.6 Å². The van der Waals surface area contributed by atoms with Crippen LogP contribution in [0.4, 0.5) is 0 Å². The van der Waals surface area contributed by atoms with Crippen molar-refractivity contribution >= 4 is 16.1 Å². The fourth-order valence-corrected chi connectivity index (χ4v) is 4.25. The van der Waals surface area contributed by atoms with Gasteiger partial charge in [0.1, 0.15) is 0 Å². The van der Waals surface area contributed by atoms with E-state index in [9.17, 15) is 8.42 Å². The average Bonchev–Trinajstić information content (AvgIpc) is 3.15. The molecule has 6 heteroatoms. The minimum absolute atomic E-state index is 0.420. The quantitative estimate of drug-likeness (QED) is 0.853. The third-order valence-electron chi connectivity index (χ3n) is 4.88. The highest BCUT2D eigenvalue weighted by atomic mass is 32.2. The van der Waals surface area contributed by atoms with E-state index in [1.54, 1.807) is 6.08 Å². The Kier molecular flexibility index (Phi) is 6.05. The molecule has 0 radical (unpaired) electrons. The third kappa shape index (κ3) is 5.14. The molecule has 2 aliphatic rings. The molecule has 0 amide bonds. The molecule has 0 spiro atoms. The molecule has 0 aliphatic carbocycles. The van der Waals surface area contributed by atoms with E-state index in [0.717, 1.165) is 51.1 Å². The first-order chi connectivity index (χ1) is 11.6. The second kappa shape index (κ2) is 8.25. The molecule has 0 saturated carbocycles. The van der Waals surface area contributed by atoms with Crippen molar-refractivity contribution in [2.24, 2.45) is 5.92 Å². The van der Waals surface area contributed by atoms with Gasteiger partial charge in [0.05, 0.1) is 6.61 Å². The van der Waals surface area contributed by atoms with Crippen LogP contribution in [0.25, 0.3) is 6.08 Å². The van der Waals surface area contributed by atoms with Gasteiger partial charge < -0.3 is 4.74 Å². The van der Waals surface area contributed by atoms with Gasteiger partial charge in [-0.3, -0.25) is 4.90 Å². The monoisotopic (exact) mass is 350 g/mol. The van der Waals surface area contributed by atoms with Gasteiger partial charge in [0.2, 0.25) is 10.0 Å². The van der Waals surface area contributed by atoms with Crippen LogP contribution in [-0.2, 0) is 14.8 Å². The number of hydrogen-bond acceptors (Lipinski definition) is 4. The van der Waals surface area contributed by atoms with E-state index < -0.39 is 10.0 Å². The summed E-state index contributed by atoms with van der Waals surface area (Å²) >= 11 is 0. The summed E-state index contributed by atoms with van der Waals surface area (Å²) in [7, 11) is -3.37. The van der Waals surface area contributed by atoms with E-state index in [0.29, 0.717) is 18.5 Å². The lowest BCUT2D eigenvalue weighted by Gasteiger charge is -2.35. The van der Waals surface area contributed by atoms with Crippen LogP contribution in [0, 0.1) is 5.92 Å². The largest absolute Gasteiger partial charge is 0.380 e. The van der Waals surface area contributed by atoms with Crippen molar-refractivity contribution in [1.82, 2.24) is 9.62 Å². The Morgan fingerprint density at radius 2 is 1.92 bits per heavy atom. The summed E-state index contributed by atoms with van der Waals surface area (Å²) in [6.45, 7) is 4.33. The number of piperidine rings is 1. The van der Waals surface area contributed by atoms with Gasteiger partial charge in [-0.1, -0.05) is 30.3 Å². The Bertz CT molecular complexity index is 631. The van der Waals surface area contributed by atoms with E-state index >= 15 is 0 Å². The molecule has 1 aromatic carbocycles. The zero-order valence-electron chi connectivity index (χ0n) is 13.9. The van der Waals surface area contributed by atoms with Crippen molar-refractivity contribution in [1.29, 1.82) is 0 Å². The second-order valence-electron chi connectivity index (χ2n) is 6.60.